The number of benzene rings is 1. The molecular formula is C22H27NO4S. The van der Waals surface area contributed by atoms with Crippen molar-refractivity contribution in [2.75, 3.05) is 18.5 Å². The van der Waals surface area contributed by atoms with Crippen molar-refractivity contribution in [2.45, 2.75) is 52.4 Å². The molecule has 0 radical (unpaired) electrons. The van der Waals surface area contributed by atoms with E-state index in [0.29, 0.717) is 29.3 Å². The van der Waals surface area contributed by atoms with E-state index in [1.54, 1.807) is 31.2 Å². The largest absolute Gasteiger partial charge is 0.494 e. The molecule has 1 aliphatic carbocycles. The second-order valence-corrected chi connectivity index (χ2v) is 7.92. The molecule has 3 rings (SSSR count). The lowest BCUT2D eigenvalue weighted by Gasteiger charge is -2.12. The van der Waals surface area contributed by atoms with Crippen LogP contribution in [0.5, 0.6) is 5.75 Å². The third-order valence-electron chi connectivity index (χ3n) is 4.76. The fourth-order valence-corrected chi connectivity index (χ4v) is 4.56. The Bertz CT molecular complexity index is 826. The van der Waals surface area contributed by atoms with Crippen LogP contribution in [0.4, 0.5) is 5.00 Å². The van der Waals surface area contributed by atoms with Crippen molar-refractivity contribution in [3.8, 4) is 5.75 Å². The zero-order valence-corrected chi connectivity index (χ0v) is 17.3. The monoisotopic (exact) mass is 401 g/mol. The topological polar surface area (TPSA) is 64.6 Å². The third kappa shape index (κ3) is 4.73. The Hall–Kier alpha value is -2.34. The number of fused-ring (bicyclic) bond motifs is 1. The van der Waals surface area contributed by atoms with E-state index in [-0.39, 0.29) is 11.9 Å². The zero-order chi connectivity index (χ0) is 19.9. The number of anilines is 1. The summed E-state index contributed by atoms with van der Waals surface area (Å²) in [5, 5.41) is 3.53. The van der Waals surface area contributed by atoms with E-state index < -0.39 is 0 Å². The van der Waals surface area contributed by atoms with Gasteiger partial charge in [0.15, 0.2) is 0 Å². The summed E-state index contributed by atoms with van der Waals surface area (Å²) in [6.45, 7) is 4.89. The van der Waals surface area contributed by atoms with E-state index in [1.165, 1.54) is 16.2 Å². The Morgan fingerprint density at radius 3 is 2.57 bits per heavy atom. The number of rotatable bonds is 8. The molecule has 0 aliphatic heterocycles. The minimum absolute atomic E-state index is 0.232. The SMILES string of the molecule is CCCCOc1ccc(C(=O)Nc2sc3c(c2C(=O)OCC)CCCC3)cc1. The van der Waals surface area contributed by atoms with E-state index >= 15 is 0 Å². The number of ether oxygens (including phenoxy) is 2. The highest BCUT2D eigenvalue weighted by Gasteiger charge is 2.27. The molecule has 1 N–H and O–H groups in total. The van der Waals surface area contributed by atoms with Crippen molar-refractivity contribution in [1.29, 1.82) is 0 Å². The number of nitrogens with one attached hydrogen (secondary N) is 1. The third-order valence-corrected chi connectivity index (χ3v) is 5.97. The first-order valence-electron chi connectivity index (χ1n) is 9.99. The quantitative estimate of drug-likeness (QED) is 0.486. The van der Waals surface area contributed by atoms with Gasteiger partial charge >= 0.3 is 5.97 Å². The van der Waals surface area contributed by atoms with Gasteiger partial charge in [-0.3, -0.25) is 4.79 Å². The molecule has 0 saturated heterocycles. The lowest BCUT2D eigenvalue weighted by atomic mass is 9.95. The molecule has 2 aromatic rings. The molecule has 1 aromatic heterocycles. The Morgan fingerprint density at radius 2 is 1.86 bits per heavy atom. The van der Waals surface area contributed by atoms with E-state index in [1.807, 2.05) is 0 Å². The number of hydrogen-bond acceptors (Lipinski definition) is 5. The van der Waals surface area contributed by atoms with E-state index in [4.69, 9.17) is 9.47 Å². The van der Waals surface area contributed by atoms with Gasteiger partial charge in [-0.05, 0) is 68.9 Å². The summed E-state index contributed by atoms with van der Waals surface area (Å²) in [5.41, 5.74) is 2.11. The second kappa shape index (κ2) is 9.73. The first-order chi connectivity index (χ1) is 13.6. The number of amides is 1. The molecule has 1 heterocycles. The van der Waals surface area contributed by atoms with Gasteiger partial charge < -0.3 is 14.8 Å². The molecule has 0 bridgehead atoms. The number of aryl methyl sites for hydroxylation is 1. The number of unbranched alkanes of at least 4 members (excludes halogenated alkanes) is 1. The van der Waals surface area contributed by atoms with Gasteiger partial charge in [-0.2, -0.15) is 0 Å². The van der Waals surface area contributed by atoms with Gasteiger partial charge in [0.2, 0.25) is 0 Å². The molecule has 6 heteroatoms. The maximum Gasteiger partial charge on any atom is 0.341 e. The minimum Gasteiger partial charge on any atom is -0.494 e. The van der Waals surface area contributed by atoms with E-state index in [9.17, 15) is 9.59 Å². The van der Waals surface area contributed by atoms with Crippen molar-refractivity contribution in [2.24, 2.45) is 0 Å². The van der Waals surface area contributed by atoms with Crippen LogP contribution in [-0.4, -0.2) is 25.1 Å². The molecule has 1 aliphatic rings. The highest BCUT2D eigenvalue weighted by molar-refractivity contribution is 7.17. The van der Waals surface area contributed by atoms with Crippen LogP contribution in [0.1, 0.15) is 70.7 Å². The molecule has 0 unspecified atom stereocenters. The standard InChI is InChI=1S/C22H27NO4S/c1-3-5-14-27-16-12-10-15(11-13-16)20(24)23-21-19(22(25)26-4-2)17-8-6-7-9-18(17)28-21/h10-13H,3-9,14H2,1-2H3,(H,23,24). The first-order valence-corrected chi connectivity index (χ1v) is 10.8. The number of carbonyl (C=O) groups excluding carboxylic acids is 2. The maximum atomic E-state index is 12.7. The zero-order valence-electron chi connectivity index (χ0n) is 16.5. The predicted octanol–water partition coefficient (Wildman–Crippen LogP) is 5.23. The van der Waals surface area contributed by atoms with Crippen molar-refractivity contribution in [3.63, 3.8) is 0 Å². The number of thiophene rings is 1. The molecule has 0 atom stereocenters. The molecular weight excluding hydrogens is 374 g/mol. The Morgan fingerprint density at radius 1 is 1.11 bits per heavy atom. The summed E-state index contributed by atoms with van der Waals surface area (Å²) >= 11 is 1.50. The summed E-state index contributed by atoms with van der Waals surface area (Å²) in [5.74, 6) is 0.171. The van der Waals surface area contributed by atoms with E-state index in [2.05, 4.69) is 12.2 Å². The molecule has 0 saturated carbocycles. The van der Waals surface area contributed by atoms with Gasteiger partial charge in [-0.1, -0.05) is 13.3 Å². The van der Waals surface area contributed by atoms with Crippen LogP contribution in [0, 0.1) is 0 Å². The Labute approximate surface area is 170 Å². The maximum absolute atomic E-state index is 12.7. The molecule has 28 heavy (non-hydrogen) atoms. The lowest BCUT2D eigenvalue weighted by Crippen LogP contribution is -2.15. The van der Waals surface area contributed by atoms with E-state index in [0.717, 1.165) is 49.8 Å². The molecule has 1 aromatic carbocycles. The average molecular weight is 402 g/mol. The normalized spacial score (nSPS) is 12.9. The van der Waals surface area contributed by atoms with Gasteiger partial charge in [0.1, 0.15) is 10.8 Å². The van der Waals surface area contributed by atoms with Crippen LogP contribution in [0.25, 0.3) is 0 Å². The fourth-order valence-electron chi connectivity index (χ4n) is 3.29. The van der Waals surface area contributed by atoms with Crippen molar-refractivity contribution < 1.29 is 19.1 Å². The summed E-state index contributed by atoms with van der Waals surface area (Å²) in [6, 6.07) is 7.09. The average Bonchev–Trinajstić information content (AvgIpc) is 3.06. The number of carbonyl (C=O) groups is 2. The lowest BCUT2D eigenvalue weighted by molar-refractivity contribution is 0.0526. The van der Waals surface area contributed by atoms with Crippen LogP contribution in [0.2, 0.25) is 0 Å². The van der Waals surface area contributed by atoms with Crippen molar-refractivity contribution in [1.82, 2.24) is 0 Å². The highest BCUT2D eigenvalue weighted by atomic mass is 32.1. The van der Waals surface area contributed by atoms with Gasteiger partial charge in [-0.15, -0.1) is 11.3 Å². The summed E-state index contributed by atoms with van der Waals surface area (Å²) in [6.07, 6.45) is 6.06. The van der Waals surface area contributed by atoms with Crippen LogP contribution in [-0.2, 0) is 17.6 Å². The Kier molecular flexibility index (Phi) is 7.09. The van der Waals surface area contributed by atoms with Crippen LogP contribution >= 0.6 is 11.3 Å². The summed E-state index contributed by atoms with van der Waals surface area (Å²) < 4.78 is 10.9. The predicted molar refractivity (Wildman–Crippen MR) is 112 cm³/mol. The number of hydrogen-bond donors (Lipinski definition) is 1. The second-order valence-electron chi connectivity index (χ2n) is 6.82. The van der Waals surface area contributed by atoms with Gasteiger partial charge in [-0.25, -0.2) is 4.79 Å². The van der Waals surface area contributed by atoms with Gasteiger partial charge in [0.25, 0.3) is 5.91 Å². The number of esters is 1. The summed E-state index contributed by atoms with van der Waals surface area (Å²) in [4.78, 5) is 26.4. The fraction of sp³-hybridized carbons (Fsp3) is 0.455. The molecule has 0 spiro atoms. The molecule has 150 valence electrons. The Balaban J connectivity index is 1.76. The minimum atomic E-state index is -0.350. The van der Waals surface area contributed by atoms with Crippen LogP contribution in [0.3, 0.4) is 0 Å². The molecule has 1 amide bonds. The smallest absolute Gasteiger partial charge is 0.341 e. The van der Waals surface area contributed by atoms with Crippen molar-refractivity contribution >= 4 is 28.2 Å². The van der Waals surface area contributed by atoms with Gasteiger partial charge in [0.05, 0.1) is 18.8 Å². The van der Waals surface area contributed by atoms with Gasteiger partial charge in [0, 0.05) is 10.4 Å². The summed E-state index contributed by atoms with van der Waals surface area (Å²) in [7, 11) is 0. The molecule has 0 fully saturated rings. The molecule has 5 nitrogen and oxygen atoms in total. The van der Waals surface area contributed by atoms with Crippen LogP contribution in [0.15, 0.2) is 24.3 Å². The van der Waals surface area contributed by atoms with Crippen LogP contribution < -0.4 is 10.1 Å². The highest BCUT2D eigenvalue weighted by Crippen LogP contribution is 2.38. The first kappa shape index (κ1) is 20.4. The van der Waals surface area contributed by atoms with Crippen molar-refractivity contribution in [3.05, 3.63) is 45.8 Å².